The number of halogens is 3. The highest BCUT2D eigenvalue weighted by atomic mass is 32.2. The molecule has 0 aromatic heterocycles. The van der Waals surface area contributed by atoms with Crippen molar-refractivity contribution >= 4 is 27.1 Å². The zero-order valence-electron chi connectivity index (χ0n) is 17.8. The molecule has 0 aliphatic carbocycles. The van der Waals surface area contributed by atoms with Gasteiger partial charge < -0.3 is 10.6 Å². The van der Waals surface area contributed by atoms with Crippen LogP contribution in [0.5, 0.6) is 0 Å². The molecular weight excluding hydrogens is 451 g/mol. The van der Waals surface area contributed by atoms with E-state index in [1.54, 1.807) is 0 Å². The van der Waals surface area contributed by atoms with E-state index >= 15 is 0 Å². The molecule has 0 atom stereocenters. The normalized spacial score (nSPS) is 13.8. The fourth-order valence-electron chi connectivity index (χ4n) is 4.02. The molecule has 3 N–H and O–H groups in total. The molecule has 1 aliphatic rings. The molecule has 0 saturated heterocycles. The number of hydrogen-bond donors (Lipinski definition) is 2. The Morgan fingerprint density at radius 1 is 0.909 bits per heavy atom. The first-order chi connectivity index (χ1) is 15.6. The summed E-state index contributed by atoms with van der Waals surface area (Å²) in [7, 11) is -3.92. The Morgan fingerprint density at radius 2 is 1.58 bits per heavy atom. The van der Waals surface area contributed by atoms with Crippen LogP contribution in [0.3, 0.4) is 0 Å². The van der Waals surface area contributed by atoms with Crippen molar-refractivity contribution in [3.05, 3.63) is 83.4 Å². The van der Waals surface area contributed by atoms with Crippen LogP contribution in [0.2, 0.25) is 0 Å². The first-order valence-electron chi connectivity index (χ1n) is 10.6. The molecule has 0 radical (unpaired) electrons. The first-order valence-corrected chi connectivity index (χ1v) is 12.0. The summed E-state index contributed by atoms with van der Waals surface area (Å²) in [6, 6.07) is 17.4. The summed E-state index contributed by atoms with van der Waals surface area (Å²) >= 11 is 0. The summed E-state index contributed by atoms with van der Waals surface area (Å²) in [6.07, 6.45) is -2.25. The summed E-state index contributed by atoms with van der Waals surface area (Å²) in [5, 5.41) is 0. The molecule has 3 aromatic rings. The Hall–Kier alpha value is -3.04. The fraction of sp³-hybridized carbons (Fsp3) is 0.250. The van der Waals surface area contributed by atoms with Gasteiger partial charge in [-0.1, -0.05) is 24.3 Å². The van der Waals surface area contributed by atoms with Crippen molar-refractivity contribution in [2.75, 3.05) is 23.7 Å². The molecule has 0 bridgehead atoms. The number of sulfonamides is 1. The third kappa shape index (κ3) is 5.15. The van der Waals surface area contributed by atoms with Crippen LogP contribution in [0.25, 0.3) is 0 Å². The Kier molecular flexibility index (Phi) is 6.36. The van der Waals surface area contributed by atoms with Gasteiger partial charge in [-0.2, -0.15) is 13.2 Å². The SMILES string of the molecule is Nc1ccc2c(c1)N(CCCNS(=O)(=O)c1ccc(C(F)(F)F)cc1)c1ccccc1CC2. The van der Waals surface area contributed by atoms with Crippen LogP contribution < -0.4 is 15.4 Å². The number of alkyl halides is 3. The van der Waals surface area contributed by atoms with Crippen molar-refractivity contribution < 1.29 is 21.6 Å². The number of nitrogens with zero attached hydrogens (tertiary/aromatic N) is 1. The summed E-state index contributed by atoms with van der Waals surface area (Å²) in [5.41, 5.74) is 10.3. The average Bonchev–Trinajstić information content (AvgIpc) is 2.93. The molecule has 0 fully saturated rings. The van der Waals surface area contributed by atoms with Crippen LogP contribution in [-0.4, -0.2) is 21.5 Å². The van der Waals surface area contributed by atoms with Crippen molar-refractivity contribution in [3.8, 4) is 0 Å². The molecule has 3 aromatic carbocycles. The van der Waals surface area contributed by atoms with Crippen LogP contribution in [0.1, 0.15) is 23.1 Å². The minimum Gasteiger partial charge on any atom is -0.399 e. The number of nitrogens with one attached hydrogen (secondary N) is 1. The molecule has 0 saturated carbocycles. The lowest BCUT2D eigenvalue weighted by Crippen LogP contribution is -2.28. The summed E-state index contributed by atoms with van der Waals surface area (Å²) in [6.45, 7) is 0.683. The van der Waals surface area contributed by atoms with Gasteiger partial charge in [0.1, 0.15) is 0 Å². The van der Waals surface area contributed by atoms with E-state index in [4.69, 9.17) is 5.73 Å². The van der Waals surface area contributed by atoms with Crippen molar-refractivity contribution in [2.24, 2.45) is 0 Å². The zero-order chi connectivity index (χ0) is 23.6. The van der Waals surface area contributed by atoms with Gasteiger partial charge in [-0.05, 0) is 72.9 Å². The Morgan fingerprint density at radius 3 is 2.27 bits per heavy atom. The lowest BCUT2D eigenvalue weighted by molar-refractivity contribution is -0.137. The highest BCUT2D eigenvalue weighted by Gasteiger charge is 2.30. The van der Waals surface area contributed by atoms with E-state index in [9.17, 15) is 21.6 Å². The Bertz CT molecular complexity index is 1240. The van der Waals surface area contributed by atoms with E-state index in [-0.39, 0.29) is 11.4 Å². The van der Waals surface area contributed by atoms with E-state index in [1.165, 1.54) is 11.1 Å². The van der Waals surface area contributed by atoms with E-state index in [0.29, 0.717) is 18.7 Å². The number of para-hydroxylation sites is 1. The van der Waals surface area contributed by atoms with Gasteiger partial charge in [0.15, 0.2) is 0 Å². The maximum absolute atomic E-state index is 12.7. The number of benzene rings is 3. The standard InChI is InChI=1S/C24H24F3N3O2S/c25-24(26,27)19-9-12-21(13-10-19)33(31,32)29-14-3-15-30-22-5-2-1-4-17(22)6-7-18-8-11-20(28)16-23(18)30/h1-2,4-5,8-13,16,29H,3,6-7,14-15,28H2. The third-order valence-electron chi connectivity index (χ3n) is 5.69. The minimum absolute atomic E-state index is 0.139. The van der Waals surface area contributed by atoms with Gasteiger partial charge in [-0.15, -0.1) is 0 Å². The smallest absolute Gasteiger partial charge is 0.399 e. The number of anilines is 3. The van der Waals surface area contributed by atoms with Crippen LogP contribution in [-0.2, 0) is 29.0 Å². The highest BCUT2D eigenvalue weighted by molar-refractivity contribution is 7.89. The topological polar surface area (TPSA) is 75.4 Å². The molecule has 33 heavy (non-hydrogen) atoms. The quantitative estimate of drug-likeness (QED) is 0.393. The molecule has 5 nitrogen and oxygen atoms in total. The Labute approximate surface area is 191 Å². The molecule has 1 heterocycles. The van der Waals surface area contributed by atoms with Gasteiger partial charge in [-0.25, -0.2) is 13.1 Å². The maximum atomic E-state index is 12.7. The van der Waals surface area contributed by atoms with Crippen LogP contribution in [0.15, 0.2) is 71.6 Å². The van der Waals surface area contributed by atoms with Crippen LogP contribution >= 0.6 is 0 Å². The second-order valence-corrected chi connectivity index (χ2v) is 9.71. The van der Waals surface area contributed by atoms with Crippen LogP contribution in [0.4, 0.5) is 30.2 Å². The first kappa shape index (κ1) is 23.1. The zero-order valence-corrected chi connectivity index (χ0v) is 18.6. The molecule has 0 unspecified atom stereocenters. The fourth-order valence-corrected chi connectivity index (χ4v) is 5.09. The number of aryl methyl sites for hydroxylation is 2. The molecule has 1 aliphatic heterocycles. The van der Waals surface area contributed by atoms with Gasteiger partial charge in [0.25, 0.3) is 0 Å². The molecule has 4 rings (SSSR count). The number of fused-ring (bicyclic) bond motifs is 2. The lowest BCUT2D eigenvalue weighted by Gasteiger charge is -2.27. The third-order valence-corrected chi connectivity index (χ3v) is 7.17. The van der Waals surface area contributed by atoms with Crippen molar-refractivity contribution in [3.63, 3.8) is 0 Å². The number of hydrogen-bond acceptors (Lipinski definition) is 4. The van der Waals surface area contributed by atoms with Gasteiger partial charge in [0, 0.05) is 30.2 Å². The summed E-state index contributed by atoms with van der Waals surface area (Å²) < 4.78 is 65.7. The van der Waals surface area contributed by atoms with E-state index < -0.39 is 21.8 Å². The van der Waals surface area contributed by atoms with Crippen molar-refractivity contribution in [2.45, 2.75) is 30.3 Å². The van der Waals surface area contributed by atoms with Gasteiger partial charge in [0.05, 0.1) is 10.5 Å². The van der Waals surface area contributed by atoms with Gasteiger partial charge in [-0.3, -0.25) is 0 Å². The summed E-state index contributed by atoms with van der Waals surface area (Å²) in [4.78, 5) is 1.95. The van der Waals surface area contributed by atoms with Crippen molar-refractivity contribution in [1.82, 2.24) is 4.72 Å². The largest absolute Gasteiger partial charge is 0.416 e. The van der Waals surface area contributed by atoms with Crippen LogP contribution in [0, 0.1) is 0 Å². The maximum Gasteiger partial charge on any atom is 0.416 e. The number of nitrogen functional groups attached to an aromatic ring is 1. The molecular formula is C24H24F3N3O2S. The molecule has 174 valence electrons. The number of rotatable bonds is 6. The number of nitrogens with two attached hydrogens (primary N) is 1. The second-order valence-electron chi connectivity index (χ2n) is 7.94. The van der Waals surface area contributed by atoms with E-state index in [0.717, 1.165) is 48.5 Å². The highest BCUT2D eigenvalue weighted by Crippen LogP contribution is 2.37. The van der Waals surface area contributed by atoms with Gasteiger partial charge in [0.2, 0.25) is 10.0 Å². The average molecular weight is 476 g/mol. The Balaban J connectivity index is 1.47. The van der Waals surface area contributed by atoms with E-state index in [1.807, 2.05) is 36.4 Å². The molecule has 0 spiro atoms. The van der Waals surface area contributed by atoms with Gasteiger partial charge >= 0.3 is 6.18 Å². The predicted molar refractivity (Wildman–Crippen MR) is 123 cm³/mol. The lowest BCUT2D eigenvalue weighted by atomic mass is 10.0. The van der Waals surface area contributed by atoms with Crippen molar-refractivity contribution in [1.29, 1.82) is 0 Å². The second kappa shape index (κ2) is 9.07. The predicted octanol–water partition coefficient (Wildman–Crippen LogP) is 4.89. The summed E-state index contributed by atoms with van der Waals surface area (Å²) in [5.74, 6) is 0. The molecule has 0 amide bonds. The van der Waals surface area contributed by atoms with E-state index in [2.05, 4.69) is 15.7 Å². The monoisotopic (exact) mass is 475 g/mol. The minimum atomic E-state index is -4.52. The molecule has 9 heteroatoms.